The van der Waals surface area contributed by atoms with Crippen molar-refractivity contribution in [3.63, 3.8) is 0 Å². The lowest BCUT2D eigenvalue weighted by Gasteiger charge is -2.27. The summed E-state index contributed by atoms with van der Waals surface area (Å²) in [6.45, 7) is 4.87. The summed E-state index contributed by atoms with van der Waals surface area (Å²) in [6.07, 6.45) is 1.59. The maximum absolute atomic E-state index is 12.6. The average Bonchev–Trinajstić information content (AvgIpc) is 3.47. The number of nitrogens with one attached hydrogen (secondary N) is 1. The summed E-state index contributed by atoms with van der Waals surface area (Å²) in [7, 11) is 0. The molecule has 162 valence electrons. The van der Waals surface area contributed by atoms with Crippen LogP contribution in [0.4, 0.5) is 5.69 Å². The smallest absolute Gasteiger partial charge is 0.254 e. The fraction of sp³-hybridized carbons (Fsp3) is 0.333. The number of furan rings is 1. The largest absolute Gasteiger partial charge is 0.461 e. The van der Waals surface area contributed by atoms with E-state index in [1.807, 2.05) is 17.6 Å². The number of carbonyl (C=O) groups is 2. The Balaban J connectivity index is 1.37. The van der Waals surface area contributed by atoms with Gasteiger partial charge in [-0.05, 0) is 37.3 Å². The molecule has 1 aromatic carbocycles. The van der Waals surface area contributed by atoms with Crippen molar-refractivity contribution in [2.45, 2.75) is 18.6 Å². The van der Waals surface area contributed by atoms with Crippen LogP contribution in [-0.2, 0) is 16.1 Å². The first-order chi connectivity index (χ1) is 15.2. The Labute approximate surface area is 183 Å². The van der Waals surface area contributed by atoms with E-state index in [1.165, 1.54) is 11.8 Å². The molecule has 0 atom stereocenters. The number of thioether (sulfide) groups is 1. The highest BCUT2D eigenvalue weighted by Gasteiger charge is 2.19. The Bertz CT molecular complexity index is 1040. The summed E-state index contributed by atoms with van der Waals surface area (Å²) >= 11 is 1.30. The molecule has 1 saturated heterocycles. The minimum Gasteiger partial charge on any atom is -0.461 e. The predicted molar refractivity (Wildman–Crippen MR) is 116 cm³/mol. The molecule has 1 N–H and O–H groups in total. The Hall–Kier alpha value is -3.11. The van der Waals surface area contributed by atoms with Gasteiger partial charge in [-0.1, -0.05) is 17.8 Å². The molecular weight excluding hydrogens is 418 g/mol. The number of nitrogens with zero attached hydrogens (tertiary/aromatic N) is 4. The number of ether oxygens (including phenoxy) is 1. The Morgan fingerprint density at radius 1 is 1.16 bits per heavy atom. The van der Waals surface area contributed by atoms with Gasteiger partial charge in [-0.2, -0.15) is 0 Å². The second kappa shape index (κ2) is 9.80. The van der Waals surface area contributed by atoms with Crippen LogP contribution in [0.3, 0.4) is 0 Å². The van der Waals surface area contributed by atoms with E-state index >= 15 is 0 Å². The van der Waals surface area contributed by atoms with E-state index in [1.54, 1.807) is 41.5 Å². The third kappa shape index (κ3) is 4.97. The third-order valence-corrected chi connectivity index (χ3v) is 5.77. The highest BCUT2D eigenvalue weighted by molar-refractivity contribution is 7.99. The van der Waals surface area contributed by atoms with Crippen LogP contribution in [0.15, 0.2) is 52.2 Å². The minimum atomic E-state index is -0.189. The van der Waals surface area contributed by atoms with Gasteiger partial charge in [-0.15, -0.1) is 10.2 Å². The number of amides is 2. The number of aromatic nitrogens is 3. The van der Waals surface area contributed by atoms with E-state index in [2.05, 4.69) is 15.5 Å². The molecule has 0 saturated carbocycles. The van der Waals surface area contributed by atoms with Gasteiger partial charge in [0.1, 0.15) is 0 Å². The molecule has 3 heterocycles. The molecule has 0 spiro atoms. The van der Waals surface area contributed by atoms with Gasteiger partial charge in [-0.3, -0.25) is 14.2 Å². The maximum atomic E-state index is 12.6. The molecule has 0 bridgehead atoms. The molecule has 1 fully saturated rings. The molecule has 1 aliphatic rings. The van der Waals surface area contributed by atoms with Crippen molar-refractivity contribution in [1.82, 2.24) is 19.7 Å². The second-order valence-electron chi connectivity index (χ2n) is 6.85. The first kappa shape index (κ1) is 21.1. The molecule has 0 aliphatic carbocycles. The van der Waals surface area contributed by atoms with Gasteiger partial charge >= 0.3 is 0 Å². The summed E-state index contributed by atoms with van der Waals surface area (Å²) in [5.41, 5.74) is 1.12. The van der Waals surface area contributed by atoms with Crippen molar-refractivity contribution < 1.29 is 18.7 Å². The summed E-state index contributed by atoms with van der Waals surface area (Å²) in [5, 5.41) is 11.9. The fourth-order valence-corrected chi connectivity index (χ4v) is 4.08. The van der Waals surface area contributed by atoms with Crippen LogP contribution in [0.5, 0.6) is 0 Å². The minimum absolute atomic E-state index is 0.0599. The second-order valence-corrected chi connectivity index (χ2v) is 7.79. The summed E-state index contributed by atoms with van der Waals surface area (Å²) < 4.78 is 12.6. The third-order valence-electron chi connectivity index (χ3n) is 4.80. The quantitative estimate of drug-likeness (QED) is 0.563. The van der Waals surface area contributed by atoms with Crippen LogP contribution in [0.1, 0.15) is 17.3 Å². The number of rotatable bonds is 7. The van der Waals surface area contributed by atoms with Crippen molar-refractivity contribution in [2.75, 3.05) is 37.4 Å². The van der Waals surface area contributed by atoms with E-state index in [0.717, 1.165) is 0 Å². The number of hydrogen-bond acceptors (Lipinski definition) is 7. The van der Waals surface area contributed by atoms with Gasteiger partial charge in [0.15, 0.2) is 16.7 Å². The lowest BCUT2D eigenvalue weighted by Crippen LogP contribution is -2.40. The van der Waals surface area contributed by atoms with E-state index in [-0.39, 0.29) is 17.6 Å². The lowest BCUT2D eigenvalue weighted by atomic mass is 10.1. The van der Waals surface area contributed by atoms with Gasteiger partial charge in [-0.25, -0.2) is 0 Å². The number of morpholine rings is 1. The first-order valence-corrected chi connectivity index (χ1v) is 11.0. The maximum Gasteiger partial charge on any atom is 0.254 e. The topological polar surface area (TPSA) is 102 Å². The molecule has 10 heteroatoms. The van der Waals surface area contributed by atoms with Gasteiger partial charge in [0.05, 0.1) is 25.2 Å². The van der Waals surface area contributed by atoms with Crippen LogP contribution in [0.25, 0.3) is 11.6 Å². The van der Waals surface area contributed by atoms with E-state index in [9.17, 15) is 9.59 Å². The Morgan fingerprint density at radius 2 is 2.00 bits per heavy atom. The Kier molecular flexibility index (Phi) is 6.68. The average molecular weight is 442 g/mol. The van der Waals surface area contributed by atoms with Gasteiger partial charge in [0, 0.05) is 30.9 Å². The summed E-state index contributed by atoms with van der Waals surface area (Å²) in [4.78, 5) is 26.9. The monoisotopic (exact) mass is 441 g/mol. The lowest BCUT2D eigenvalue weighted by molar-refractivity contribution is -0.113. The molecule has 4 rings (SSSR count). The van der Waals surface area contributed by atoms with Crippen molar-refractivity contribution in [2.24, 2.45) is 0 Å². The van der Waals surface area contributed by atoms with Crippen LogP contribution < -0.4 is 5.32 Å². The normalized spacial score (nSPS) is 13.9. The van der Waals surface area contributed by atoms with Crippen LogP contribution in [0, 0.1) is 0 Å². The molecular formula is C21H23N5O4S. The molecule has 3 aromatic rings. The Morgan fingerprint density at radius 3 is 2.74 bits per heavy atom. The van der Waals surface area contributed by atoms with Crippen molar-refractivity contribution in [1.29, 1.82) is 0 Å². The van der Waals surface area contributed by atoms with E-state index in [4.69, 9.17) is 9.15 Å². The molecule has 2 aromatic heterocycles. The van der Waals surface area contributed by atoms with Crippen LogP contribution >= 0.6 is 11.8 Å². The molecule has 9 nitrogen and oxygen atoms in total. The van der Waals surface area contributed by atoms with Gasteiger partial charge < -0.3 is 19.4 Å². The number of carbonyl (C=O) groups excluding carboxylic acids is 2. The highest BCUT2D eigenvalue weighted by Crippen LogP contribution is 2.24. The summed E-state index contributed by atoms with van der Waals surface area (Å²) in [6, 6.07) is 10.6. The predicted octanol–water partition coefficient (Wildman–Crippen LogP) is 2.76. The molecule has 2 amide bonds. The molecule has 0 unspecified atom stereocenters. The van der Waals surface area contributed by atoms with Crippen molar-refractivity contribution in [3.8, 4) is 11.6 Å². The number of anilines is 1. The number of benzene rings is 1. The van der Waals surface area contributed by atoms with E-state index in [0.29, 0.717) is 60.8 Å². The zero-order chi connectivity index (χ0) is 21.6. The zero-order valence-electron chi connectivity index (χ0n) is 17.1. The van der Waals surface area contributed by atoms with Crippen molar-refractivity contribution >= 4 is 29.3 Å². The van der Waals surface area contributed by atoms with Gasteiger partial charge in [0.2, 0.25) is 5.91 Å². The number of hydrogen-bond donors (Lipinski definition) is 1. The van der Waals surface area contributed by atoms with Crippen LogP contribution in [0.2, 0.25) is 0 Å². The first-order valence-electron chi connectivity index (χ1n) is 10.0. The van der Waals surface area contributed by atoms with Crippen LogP contribution in [-0.4, -0.2) is 63.5 Å². The zero-order valence-corrected chi connectivity index (χ0v) is 17.9. The molecule has 31 heavy (non-hydrogen) atoms. The standard InChI is InChI=1S/C21H23N5O4S/c1-2-26-19(17-7-4-10-30-17)23-24-21(26)31-14-18(27)22-16-6-3-5-15(13-16)20(28)25-8-11-29-12-9-25/h3-7,10,13H,2,8-9,11-12,14H2,1H3,(H,22,27). The van der Waals surface area contributed by atoms with Crippen molar-refractivity contribution in [3.05, 3.63) is 48.2 Å². The SMILES string of the molecule is CCn1c(SCC(=O)Nc2cccc(C(=O)N3CCOCC3)c2)nnc1-c1ccco1. The molecule has 1 aliphatic heterocycles. The fourth-order valence-electron chi connectivity index (χ4n) is 3.27. The molecule has 0 radical (unpaired) electrons. The highest BCUT2D eigenvalue weighted by atomic mass is 32.2. The van der Waals surface area contributed by atoms with Gasteiger partial charge in [0.25, 0.3) is 5.91 Å². The summed E-state index contributed by atoms with van der Waals surface area (Å²) in [5.74, 6) is 1.18. The van der Waals surface area contributed by atoms with E-state index < -0.39 is 0 Å².